The van der Waals surface area contributed by atoms with Gasteiger partial charge in [-0.05, 0) is 31.9 Å². The number of hydrogen-bond acceptors (Lipinski definition) is 3. The zero-order chi connectivity index (χ0) is 11.7. The van der Waals surface area contributed by atoms with E-state index in [1.165, 1.54) is 44.7 Å². The van der Waals surface area contributed by atoms with Crippen molar-refractivity contribution in [2.75, 3.05) is 32.7 Å². The van der Waals surface area contributed by atoms with Gasteiger partial charge in [0.05, 0.1) is 0 Å². The molecule has 3 nitrogen and oxygen atoms in total. The number of hydrogen-bond donors (Lipinski definition) is 1. The number of aryl methyl sites for hydroxylation is 1. The Morgan fingerprint density at radius 3 is 2.59 bits per heavy atom. The highest BCUT2D eigenvalue weighted by Crippen LogP contribution is 2.44. The van der Waals surface area contributed by atoms with Crippen molar-refractivity contribution in [2.24, 2.45) is 0 Å². The number of nitrogens with zero attached hydrogens (tertiary/aromatic N) is 1. The SMILES string of the molecule is Cc1ccc(C2(CN3CCNCC3)CCC2)o1. The van der Waals surface area contributed by atoms with Crippen LogP contribution in [0.1, 0.15) is 30.8 Å². The van der Waals surface area contributed by atoms with Crippen molar-refractivity contribution >= 4 is 0 Å². The summed E-state index contributed by atoms with van der Waals surface area (Å²) >= 11 is 0. The smallest absolute Gasteiger partial charge is 0.111 e. The molecule has 1 aromatic heterocycles. The Balaban J connectivity index is 1.73. The van der Waals surface area contributed by atoms with Gasteiger partial charge in [-0.15, -0.1) is 0 Å². The van der Waals surface area contributed by atoms with Crippen LogP contribution < -0.4 is 5.32 Å². The van der Waals surface area contributed by atoms with Crippen LogP contribution in [0.2, 0.25) is 0 Å². The summed E-state index contributed by atoms with van der Waals surface area (Å²) in [7, 11) is 0. The maximum atomic E-state index is 5.89. The summed E-state index contributed by atoms with van der Waals surface area (Å²) in [5, 5.41) is 3.42. The molecule has 17 heavy (non-hydrogen) atoms. The molecule has 1 saturated heterocycles. The first-order valence-corrected chi connectivity index (χ1v) is 6.79. The molecule has 3 rings (SSSR count). The molecule has 2 heterocycles. The molecule has 1 aliphatic heterocycles. The molecule has 2 aliphatic rings. The molecule has 0 unspecified atom stereocenters. The fourth-order valence-electron chi connectivity index (χ4n) is 3.10. The Morgan fingerprint density at radius 1 is 1.29 bits per heavy atom. The van der Waals surface area contributed by atoms with E-state index in [0.717, 1.165) is 18.8 Å². The maximum absolute atomic E-state index is 5.89. The van der Waals surface area contributed by atoms with Crippen LogP contribution in [0.25, 0.3) is 0 Å². The van der Waals surface area contributed by atoms with Gasteiger partial charge in [-0.2, -0.15) is 0 Å². The van der Waals surface area contributed by atoms with Gasteiger partial charge >= 0.3 is 0 Å². The Hall–Kier alpha value is -0.800. The fourth-order valence-corrected chi connectivity index (χ4v) is 3.10. The molecule has 0 radical (unpaired) electrons. The minimum Gasteiger partial charge on any atom is -0.466 e. The van der Waals surface area contributed by atoms with Crippen LogP contribution in [0, 0.1) is 6.92 Å². The van der Waals surface area contributed by atoms with Gasteiger partial charge in [0.25, 0.3) is 0 Å². The second-order valence-electron chi connectivity index (χ2n) is 5.57. The highest BCUT2D eigenvalue weighted by Gasteiger charge is 2.42. The molecule has 3 heteroatoms. The molecule has 94 valence electrons. The molecule has 1 saturated carbocycles. The van der Waals surface area contributed by atoms with Crippen LogP contribution in [-0.2, 0) is 5.41 Å². The number of piperazine rings is 1. The van der Waals surface area contributed by atoms with E-state index in [1.807, 2.05) is 6.92 Å². The second kappa shape index (κ2) is 4.46. The zero-order valence-electron chi connectivity index (χ0n) is 10.7. The standard InChI is InChI=1S/C14H22N2O/c1-12-3-4-13(17-12)14(5-2-6-14)11-16-9-7-15-8-10-16/h3-4,15H,2,5-11H2,1H3. The first kappa shape index (κ1) is 11.3. The number of furan rings is 1. The van der Waals surface area contributed by atoms with Crippen molar-refractivity contribution in [2.45, 2.75) is 31.6 Å². The molecule has 1 N–H and O–H groups in total. The van der Waals surface area contributed by atoms with Crippen molar-refractivity contribution in [3.8, 4) is 0 Å². The lowest BCUT2D eigenvalue weighted by atomic mass is 9.66. The highest BCUT2D eigenvalue weighted by atomic mass is 16.3. The largest absolute Gasteiger partial charge is 0.466 e. The van der Waals surface area contributed by atoms with Gasteiger partial charge in [-0.1, -0.05) is 6.42 Å². The van der Waals surface area contributed by atoms with Crippen molar-refractivity contribution in [1.82, 2.24) is 10.2 Å². The summed E-state index contributed by atoms with van der Waals surface area (Å²) in [6.07, 6.45) is 3.94. The van der Waals surface area contributed by atoms with E-state index >= 15 is 0 Å². The van der Waals surface area contributed by atoms with Crippen LogP contribution in [0.15, 0.2) is 16.5 Å². The van der Waals surface area contributed by atoms with Crippen LogP contribution in [0.5, 0.6) is 0 Å². The summed E-state index contributed by atoms with van der Waals surface area (Å²) in [5.41, 5.74) is 0.325. The average molecular weight is 234 g/mol. The highest BCUT2D eigenvalue weighted by molar-refractivity contribution is 5.21. The molecule has 0 atom stereocenters. The minimum atomic E-state index is 0.325. The predicted octanol–water partition coefficient (Wildman–Crippen LogP) is 1.91. The van der Waals surface area contributed by atoms with Gasteiger partial charge in [0, 0.05) is 38.1 Å². The van der Waals surface area contributed by atoms with E-state index in [0.29, 0.717) is 5.41 Å². The molecule has 2 fully saturated rings. The van der Waals surface area contributed by atoms with E-state index in [2.05, 4.69) is 22.3 Å². The van der Waals surface area contributed by atoms with Crippen LogP contribution in [0.3, 0.4) is 0 Å². The van der Waals surface area contributed by atoms with E-state index in [1.54, 1.807) is 0 Å². The Labute approximate surface area is 103 Å². The van der Waals surface area contributed by atoms with Gasteiger partial charge in [-0.25, -0.2) is 0 Å². The lowest BCUT2D eigenvalue weighted by molar-refractivity contribution is 0.108. The molecule has 0 bridgehead atoms. The van der Waals surface area contributed by atoms with Crippen LogP contribution in [0.4, 0.5) is 0 Å². The summed E-state index contributed by atoms with van der Waals surface area (Å²) in [4.78, 5) is 2.59. The topological polar surface area (TPSA) is 28.4 Å². The lowest BCUT2D eigenvalue weighted by Gasteiger charge is -2.44. The van der Waals surface area contributed by atoms with Crippen molar-refractivity contribution in [3.05, 3.63) is 23.7 Å². The van der Waals surface area contributed by atoms with Crippen molar-refractivity contribution in [1.29, 1.82) is 0 Å². The fraction of sp³-hybridized carbons (Fsp3) is 0.714. The summed E-state index contributed by atoms with van der Waals surface area (Å²) in [6, 6.07) is 4.30. The molecular formula is C14H22N2O. The van der Waals surface area contributed by atoms with Gasteiger partial charge in [0.1, 0.15) is 11.5 Å². The summed E-state index contributed by atoms with van der Waals surface area (Å²) in [6.45, 7) is 7.85. The third-order valence-electron chi connectivity index (χ3n) is 4.31. The first-order chi connectivity index (χ1) is 8.28. The van der Waals surface area contributed by atoms with E-state index in [9.17, 15) is 0 Å². The average Bonchev–Trinajstić information content (AvgIpc) is 2.72. The molecule has 0 spiro atoms. The third-order valence-corrected chi connectivity index (χ3v) is 4.31. The Bertz CT molecular complexity index is 375. The quantitative estimate of drug-likeness (QED) is 0.866. The van der Waals surface area contributed by atoms with E-state index < -0.39 is 0 Å². The molecule has 1 aromatic rings. The molecule has 0 aromatic carbocycles. The monoisotopic (exact) mass is 234 g/mol. The zero-order valence-corrected chi connectivity index (χ0v) is 10.7. The number of nitrogens with one attached hydrogen (secondary N) is 1. The van der Waals surface area contributed by atoms with Crippen molar-refractivity contribution in [3.63, 3.8) is 0 Å². The van der Waals surface area contributed by atoms with Gasteiger partial charge in [0.2, 0.25) is 0 Å². The molecule has 1 aliphatic carbocycles. The van der Waals surface area contributed by atoms with E-state index in [-0.39, 0.29) is 0 Å². The number of rotatable bonds is 3. The van der Waals surface area contributed by atoms with Crippen LogP contribution >= 0.6 is 0 Å². The minimum absolute atomic E-state index is 0.325. The Kier molecular flexibility index (Phi) is 2.97. The summed E-state index contributed by atoms with van der Waals surface area (Å²) < 4.78 is 5.89. The molecule has 0 amide bonds. The lowest BCUT2D eigenvalue weighted by Crippen LogP contribution is -2.51. The summed E-state index contributed by atoms with van der Waals surface area (Å²) in [5.74, 6) is 2.27. The second-order valence-corrected chi connectivity index (χ2v) is 5.57. The van der Waals surface area contributed by atoms with Gasteiger partial charge in [0.15, 0.2) is 0 Å². The molecular weight excluding hydrogens is 212 g/mol. The van der Waals surface area contributed by atoms with Gasteiger partial charge in [-0.3, -0.25) is 4.90 Å². The van der Waals surface area contributed by atoms with Crippen molar-refractivity contribution < 1.29 is 4.42 Å². The normalized spacial score (nSPS) is 24.5. The van der Waals surface area contributed by atoms with Gasteiger partial charge < -0.3 is 9.73 Å². The van der Waals surface area contributed by atoms with Crippen LogP contribution in [-0.4, -0.2) is 37.6 Å². The maximum Gasteiger partial charge on any atom is 0.111 e. The first-order valence-electron chi connectivity index (χ1n) is 6.79. The predicted molar refractivity (Wildman–Crippen MR) is 68.3 cm³/mol. The third kappa shape index (κ3) is 2.14. The van der Waals surface area contributed by atoms with E-state index in [4.69, 9.17) is 4.42 Å². The Morgan fingerprint density at radius 2 is 2.06 bits per heavy atom.